The molecule has 0 amide bonds. The Morgan fingerprint density at radius 2 is 1.96 bits per heavy atom. The fraction of sp³-hybridized carbons (Fsp3) is 0.429. The van der Waals surface area contributed by atoms with Crippen molar-refractivity contribution in [3.63, 3.8) is 0 Å². The molecule has 2 fully saturated rings. The summed E-state index contributed by atoms with van der Waals surface area (Å²) < 4.78 is 5.54. The van der Waals surface area contributed by atoms with E-state index < -0.39 is 0 Å². The van der Waals surface area contributed by atoms with Crippen LogP contribution >= 0.6 is 0 Å². The molecule has 2 aliphatic heterocycles. The van der Waals surface area contributed by atoms with Crippen molar-refractivity contribution < 1.29 is 4.74 Å². The maximum Gasteiger partial charge on any atom is 0.162 e. The van der Waals surface area contributed by atoms with Crippen LogP contribution in [0.25, 0.3) is 22.4 Å². The van der Waals surface area contributed by atoms with Crippen LogP contribution in [0, 0.1) is 6.07 Å². The molecule has 27 heavy (non-hydrogen) atoms. The molecule has 5 rings (SSSR count). The number of likely N-dealkylation sites (tertiary alicyclic amines) is 1. The van der Waals surface area contributed by atoms with E-state index in [9.17, 15) is 0 Å². The zero-order valence-electron chi connectivity index (χ0n) is 15.4. The Morgan fingerprint density at radius 1 is 1.11 bits per heavy atom. The number of anilines is 1. The molecular formula is C21H24N5O. The van der Waals surface area contributed by atoms with Crippen molar-refractivity contribution in [1.29, 1.82) is 0 Å². The van der Waals surface area contributed by atoms with Crippen LogP contribution in [0.3, 0.4) is 0 Å². The lowest BCUT2D eigenvalue weighted by Gasteiger charge is -2.28. The highest BCUT2D eigenvalue weighted by Gasteiger charge is 2.22. The Hall–Kier alpha value is -2.44. The van der Waals surface area contributed by atoms with Crippen molar-refractivity contribution in [3.05, 3.63) is 42.1 Å². The number of aromatic amines is 1. The van der Waals surface area contributed by atoms with E-state index in [2.05, 4.69) is 27.0 Å². The Morgan fingerprint density at radius 3 is 2.74 bits per heavy atom. The molecule has 1 radical (unpaired) electrons. The van der Waals surface area contributed by atoms with Gasteiger partial charge in [0.1, 0.15) is 5.52 Å². The molecule has 0 bridgehead atoms. The summed E-state index contributed by atoms with van der Waals surface area (Å²) in [6.45, 7) is 6.48. The predicted molar refractivity (Wildman–Crippen MR) is 106 cm³/mol. The number of ether oxygens (including phenoxy) is 1. The second kappa shape index (κ2) is 7.29. The first kappa shape index (κ1) is 16.7. The lowest BCUT2D eigenvalue weighted by Crippen LogP contribution is -2.37. The van der Waals surface area contributed by atoms with Crippen molar-refractivity contribution in [3.8, 4) is 11.4 Å². The number of benzene rings is 1. The molecule has 4 heterocycles. The monoisotopic (exact) mass is 362 g/mol. The summed E-state index contributed by atoms with van der Waals surface area (Å²) in [4.78, 5) is 18.2. The number of hydrogen-bond acceptors (Lipinski definition) is 5. The van der Waals surface area contributed by atoms with Crippen LogP contribution in [-0.4, -0.2) is 59.2 Å². The minimum Gasteiger partial charge on any atom is -0.378 e. The maximum absolute atomic E-state index is 5.54. The first-order chi connectivity index (χ1) is 13.4. The summed E-state index contributed by atoms with van der Waals surface area (Å²) in [5, 5.41) is 0. The molecule has 2 aliphatic rings. The van der Waals surface area contributed by atoms with Gasteiger partial charge in [0, 0.05) is 37.0 Å². The second-order valence-corrected chi connectivity index (χ2v) is 7.28. The molecule has 0 aliphatic carbocycles. The number of nitrogens with one attached hydrogen (secondary N) is 1. The Labute approximate surface area is 159 Å². The van der Waals surface area contributed by atoms with E-state index in [0.29, 0.717) is 0 Å². The third kappa shape index (κ3) is 3.31. The van der Waals surface area contributed by atoms with Crippen LogP contribution in [0.5, 0.6) is 0 Å². The summed E-state index contributed by atoms with van der Waals surface area (Å²) in [6, 6.07) is 11.0. The highest BCUT2D eigenvalue weighted by molar-refractivity contribution is 5.90. The van der Waals surface area contributed by atoms with Crippen LogP contribution < -0.4 is 4.90 Å². The predicted octanol–water partition coefficient (Wildman–Crippen LogP) is 2.86. The molecule has 139 valence electrons. The van der Waals surface area contributed by atoms with Crippen LogP contribution in [0.2, 0.25) is 0 Å². The first-order valence-corrected chi connectivity index (χ1v) is 9.78. The van der Waals surface area contributed by atoms with E-state index in [1.165, 1.54) is 31.5 Å². The zero-order valence-corrected chi connectivity index (χ0v) is 15.4. The molecular weight excluding hydrogens is 338 g/mol. The SMILES string of the molecule is [c]1cccc(-c2nc(N3CCOCC3)c3[nH]cc(CN4CCCC4)c3n2)c1. The van der Waals surface area contributed by atoms with E-state index in [1.807, 2.05) is 24.3 Å². The summed E-state index contributed by atoms with van der Waals surface area (Å²) in [5.74, 6) is 1.75. The zero-order chi connectivity index (χ0) is 18.1. The van der Waals surface area contributed by atoms with Gasteiger partial charge in [-0.3, -0.25) is 4.90 Å². The Balaban J connectivity index is 1.61. The molecule has 2 saturated heterocycles. The van der Waals surface area contributed by atoms with Crippen molar-refractivity contribution in [2.75, 3.05) is 44.3 Å². The number of fused-ring (bicyclic) bond motifs is 1. The van der Waals surface area contributed by atoms with E-state index in [-0.39, 0.29) is 0 Å². The fourth-order valence-corrected chi connectivity index (χ4v) is 4.01. The van der Waals surface area contributed by atoms with Crippen molar-refractivity contribution >= 4 is 16.9 Å². The second-order valence-electron chi connectivity index (χ2n) is 7.28. The number of rotatable bonds is 4. The van der Waals surface area contributed by atoms with Gasteiger partial charge in [-0.25, -0.2) is 9.97 Å². The smallest absolute Gasteiger partial charge is 0.162 e. The molecule has 2 aromatic heterocycles. The summed E-state index contributed by atoms with van der Waals surface area (Å²) in [5.41, 5.74) is 4.33. The molecule has 0 saturated carbocycles. The minimum atomic E-state index is 0.737. The van der Waals surface area contributed by atoms with Crippen LogP contribution in [0.15, 0.2) is 30.5 Å². The first-order valence-electron chi connectivity index (χ1n) is 9.78. The standard InChI is InChI=1S/C21H24N5O/c1-2-6-16(7-3-1)20-23-18-17(15-25-8-4-5-9-25)14-22-19(18)21(24-20)26-10-12-27-13-11-26/h1-2,6-7,14,22H,4-5,8-13,15H2. The minimum absolute atomic E-state index is 0.737. The van der Waals surface area contributed by atoms with Gasteiger partial charge in [-0.15, -0.1) is 0 Å². The molecule has 3 aromatic rings. The van der Waals surface area contributed by atoms with Gasteiger partial charge >= 0.3 is 0 Å². The lowest BCUT2D eigenvalue weighted by atomic mass is 10.2. The van der Waals surface area contributed by atoms with Crippen LogP contribution in [-0.2, 0) is 11.3 Å². The summed E-state index contributed by atoms with van der Waals surface area (Å²) in [7, 11) is 0. The number of nitrogens with zero attached hydrogens (tertiary/aromatic N) is 4. The van der Waals surface area contributed by atoms with Gasteiger partial charge in [0.2, 0.25) is 0 Å². The van der Waals surface area contributed by atoms with E-state index >= 15 is 0 Å². The number of aromatic nitrogens is 3. The third-order valence-electron chi connectivity index (χ3n) is 5.45. The summed E-state index contributed by atoms with van der Waals surface area (Å²) >= 11 is 0. The highest BCUT2D eigenvalue weighted by atomic mass is 16.5. The summed E-state index contributed by atoms with van der Waals surface area (Å²) in [6.07, 6.45) is 4.70. The van der Waals surface area contributed by atoms with Gasteiger partial charge in [-0.1, -0.05) is 18.2 Å². The Bertz CT molecular complexity index is 911. The number of H-pyrrole nitrogens is 1. The molecule has 6 heteroatoms. The van der Waals surface area contributed by atoms with Gasteiger partial charge < -0.3 is 14.6 Å². The van der Waals surface area contributed by atoms with E-state index in [0.717, 1.165) is 61.1 Å². The topological polar surface area (TPSA) is 57.3 Å². The van der Waals surface area contributed by atoms with Gasteiger partial charge in [0.15, 0.2) is 11.6 Å². The van der Waals surface area contributed by atoms with Crippen molar-refractivity contribution in [2.24, 2.45) is 0 Å². The van der Waals surface area contributed by atoms with Gasteiger partial charge in [0.25, 0.3) is 0 Å². The average molecular weight is 362 g/mol. The van der Waals surface area contributed by atoms with Gasteiger partial charge in [-0.05, 0) is 38.1 Å². The third-order valence-corrected chi connectivity index (χ3v) is 5.45. The molecule has 0 atom stereocenters. The molecule has 6 nitrogen and oxygen atoms in total. The van der Waals surface area contributed by atoms with Crippen LogP contribution in [0.1, 0.15) is 18.4 Å². The molecule has 1 N–H and O–H groups in total. The Kier molecular flexibility index (Phi) is 4.51. The average Bonchev–Trinajstić information content (AvgIpc) is 3.39. The number of morpholine rings is 1. The van der Waals surface area contributed by atoms with Crippen molar-refractivity contribution in [1.82, 2.24) is 19.9 Å². The molecule has 0 unspecified atom stereocenters. The largest absolute Gasteiger partial charge is 0.378 e. The molecule has 0 spiro atoms. The van der Waals surface area contributed by atoms with Gasteiger partial charge in [0.05, 0.1) is 18.7 Å². The molecule has 1 aromatic carbocycles. The van der Waals surface area contributed by atoms with Crippen LogP contribution in [0.4, 0.5) is 5.82 Å². The van der Waals surface area contributed by atoms with Gasteiger partial charge in [-0.2, -0.15) is 0 Å². The highest BCUT2D eigenvalue weighted by Crippen LogP contribution is 2.30. The van der Waals surface area contributed by atoms with Crippen molar-refractivity contribution in [2.45, 2.75) is 19.4 Å². The van der Waals surface area contributed by atoms with E-state index in [1.54, 1.807) is 0 Å². The lowest BCUT2D eigenvalue weighted by molar-refractivity contribution is 0.122. The quantitative estimate of drug-likeness (QED) is 0.773. The maximum atomic E-state index is 5.54. The normalized spacial score (nSPS) is 18.4. The van der Waals surface area contributed by atoms with E-state index in [4.69, 9.17) is 14.7 Å². The number of hydrogen-bond donors (Lipinski definition) is 1. The fourth-order valence-electron chi connectivity index (χ4n) is 4.01.